The van der Waals surface area contributed by atoms with Crippen molar-refractivity contribution >= 4 is 27.5 Å². The summed E-state index contributed by atoms with van der Waals surface area (Å²) in [5, 5.41) is 2.51. The van der Waals surface area contributed by atoms with E-state index in [-0.39, 0.29) is 17.1 Å². The third kappa shape index (κ3) is 6.01. The smallest absolute Gasteiger partial charge is 0.264 e. The van der Waals surface area contributed by atoms with Gasteiger partial charge < -0.3 is 15.0 Å². The predicted molar refractivity (Wildman–Crippen MR) is 134 cm³/mol. The van der Waals surface area contributed by atoms with Crippen molar-refractivity contribution in [1.29, 1.82) is 0 Å². The van der Waals surface area contributed by atoms with Crippen molar-refractivity contribution in [3.05, 3.63) is 90.2 Å². The lowest BCUT2D eigenvalue weighted by atomic mass is 10.1. The van der Waals surface area contributed by atoms with Crippen LogP contribution < -0.4 is 14.4 Å². The maximum atomic E-state index is 14.8. The summed E-state index contributed by atoms with van der Waals surface area (Å²) in [5.74, 6) is -1.29. The van der Waals surface area contributed by atoms with E-state index in [2.05, 4.69) is 5.32 Å². The molecule has 36 heavy (non-hydrogen) atoms. The Morgan fingerprint density at radius 3 is 2.17 bits per heavy atom. The summed E-state index contributed by atoms with van der Waals surface area (Å²) >= 11 is 0. The van der Waals surface area contributed by atoms with E-state index >= 15 is 0 Å². The van der Waals surface area contributed by atoms with E-state index in [1.165, 1.54) is 61.5 Å². The van der Waals surface area contributed by atoms with Gasteiger partial charge in [0.1, 0.15) is 24.2 Å². The van der Waals surface area contributed by atoms with Crippen LogP contribution in [0.25, 0.3) is 0 Å². The number of halogens is 1. The fraction of sp³-hybridized carbons (Fsp3) is 0.231. The first-order valence-corrected chi connectivity index (χ1v) is 12.6. The summed E-state index contributed by atoms with van der Waals surface area (Å²) in [6.45, 7) is 0.850. The molecule has 0 saturated heterocycles. The molecule has 190 valence electrons. The van der Waals surface area contributed by atoms with Gasteiger partial charge in [-0.1, -0.05) is 42.5 Å². The van der Waals surface area contributed by atoms with Crippen molar-refractivity contribution in [2.24, 2.45) is 0 Å². The molecule has 3 aromatic rings. The molecule has 0 aliphatic rings. The second-order valence-corrected chi connectivity index (χ2v) is 9.80. The number of anilines is 1. The molecule has 1 unspecified atom stereocenters. The lowest BCUT2D eigenvalue weighted by molar-refractivity contribution is -0.139. The van der Waals surface area contributed by atoms with Crippen molar-refractivity contribution < 1.29 is 27.1 Å². The van der Waals surface area contributed by atoms with Crippen molar-refractivity contribution in [2.45, 2.75) is 24.4 Å². The number of carbonyl (C=O) groups is 2. The third-order valence-corrected chi connectivity index (χ3v) is 7.43. The Morgan fingerprint density at radius 1 is 0.972 bits per heavy atom. The zero-order valence-corrected chi connectivity index (χ0v) is 21.0. The molecular weight excluding hydrogens is 485 g/mol. The molecule has 3 rings (SSSR count). The quantitative estimate of drug-likeness (QED) is 0.449. The van der Waals surface area contributed by atoms with Crippen LogP contribution in [0, 0.1) is 5.82 Å². The standard InChI is InChI=1S/C26H28FN3O5S/c1-19(26(32)28-2)29(17-20-13-15-21(35-3)16-14-20)25(31)18-30(24-12-8-7-11-23(24)27)36(33,34)22-9-5-4-6-10-22/h4-16,19H,17-18H2,1-3H3,(H,28,32). The van der Waals surface area contributed by atoms with Crippen LogP contribution in [-0.4, -0.2) is 51.9 Å². The molecule has 2 amide bonds. The van der Waals surface area contributed by atoms with E-state index < -0.39 is 40.2 Å². The molecule has 0 saturated carbocycles. The number of nitrogens with one attached hydrogen (secondary N) is 1. The summed E-state index contributed by atoms with van der Waals surface area (Å²) in [6.07, 6.45) is 0. The van der Waals surface area contributed by atoms with Gasteiger partial charge in [-0.15, -0.1) is 0 Å². The zero-order valence-electron chi connectivity index (χ0n) is 20.2. The van der Waals surface area contributed by atoms with E-state index in [9.17, 15) is 22.4 Å². The van der Waals surface area contributed by atoms with Gasteiger partial charge in [-0.25, -0.2) is 12.8 Å². The number of hydrogen-bond donors (Lipinski definition) is 1. The maximum Gasteiger partial charge on any atom is 0.264 e. The maximum absolute atomic E-state index is 14.8. The van der Waals surface area contributed by atoms with Gasteiger partial charge in [0.05, 0.1) is 17.7 Å². The van der Waals surface area contributed by atoms with Crippen LogP contribution in [0.15, 0.2) is 83.8 Å². The highest BCUT2D eigenvalue weighted by atomic mass is 32.2. The van der Waals surface area contributed by atoms with Crippen molar-refractivity contribution in [2.75, 3.05) is 25.0 Å². The lowest BCUT2D eigenvalue weighted by Crippen LogP contribution is -2.50. The van der Waals surface area contributed by atoms with Crippen LogP contribution in [0.5, 0.6) is 5.75 Å². The van der Waals surface area contributed by atoms with Gasteiger partial charge in [-0.05, 0) is 48.9 Å². The Labute approximate surface area is 210 Å². The van der Waals surface area contributed by atoms with Crippen LogP contribution in [0.2, 0.25) is 0 Å². The molecule has 0 bridgehead atoms. The predicted octanol–water partition coefficient (Wildman–Crippen LogP) is 3.19. The number of benzene rings is 3. The summed E-state index contributed by atoms with van der Waals surface area (Å²) in [7, 11) is -1.33. The van der Waals surface area contributed by atoms with Crippen LogP contribution in [-0.2, 0) is 26.2 Å². The topological polar surface area (TPSA) is 96.0 Å². The Bertz CT molecular complexity index is 1300. The molecule has 3 aromatic carbocycles. The number of likely N-dealkylation sites (N-methyl/N-ethyl adjacent to an activating group) is 1. The largest absolute Gasteiger partial charge is 0.497 e. The van der Waals surface area contributed by atoms with E-state index in [1.54, 1.807) is 37.3 Å². The van der Waals surface area contributed by atoms with Crippen LogP contribution in [0.4, 0.5) is 10.1 Å². The lowest BCUT2D eigenvalue weighted by Gasteiger charge is -2.31. The summed E-state index contributed by atoms with van der Waals surface area (Å²) in [4.78, 5) is 27.2. The second kappa shape index (κ2) is 11.7. The van der Waals surface area contributed by atoms with E-state index in [1.807, 2.05) is 0 Å². The number of sulfonamides is 1. The summed E-state index contributed by atoms with van der Waals surface area (Å²) in [6, 6.07) is 18.8. The van der Waals surface area contributed by atoms with Gasteiger partial charge in [0.25, 0.3) is 10.0 Å². The van der Waals surface area contributed by atoms with Gasteiger partial charge in [-0.2, -0.15) is 0 Å². The van der Waals surface area contributed by atoms with Gasteiger partial charge >= 0.3 is 0 Å². The number of amides is 2. The first-order chi connectivity index (χ1) is 17.2. The number of methoxy groups -OCH3 is 1. The number of nitrogens with zero attached hydrogens (tertiary/aromatic N) is 2. The minimum absolute atomic E-state index is 0.0217. The summed E-state index contributed by atoms with van der Waals surface area (Å²) in [5.41, 5.74) is 0.426. The normalized spacial score (nSPS) is 11.9. The number of ether oxygens (including phenoxy) is 1. The monoisotopic (exact) mass is 513 g/mol. The van der Waals surface area contributed by atoms with E-state index in [4.69, 9.17) is 4.74 Å². The first-order valence-electron chi connectivity index (χ1n) is 11.2. The highest BCUT2D eigenvalue weighted by Gasteiger charge is 2.33. The first kappa shape index (κ1) is 26.7. The van der Waals surface area contributed by atoms with E-state index in [0.29, 0.717) is 11.3 Å². The molecule has 0 fully saturated rings. The number of para-hydroxylation sites is 1. The van der Waals surface area contributed by atoms with Gasteiger partial charge in [0.2, 0.25) is 11.8 Å². The fourth-order valence-electron chi connectivity index (χ4n) is 3.61. The number of hydrogen-bond acceptors (Lipinski definition) is 5. The van der Waals surface area contributed by atoms with Gasteiger partial charge in [-0.3, -0.25) is 13.9 Å². The van der Waals surface area contributed by atoms with Crippen LogP contribution in [0.1, 0.15) is 12.5 Å². The van der Waals surface area contributed by atoms with Gasteiger partial charge in [0.15, 0.2) is 0 Å². The zero-order chi connectivity index (χ0) is 26.3. The highest BCUT2D eigenvalue weighted by Crippen LogP contribution is 2.27. The molecule has 0 aromatic heterocycles. The Kier molecular flexibility index (Phi) is 8.65. The Morgan fingerprint density at radius 2 is 1.58 bits per heavy atom. The minimum atomic E-state index is -4.31. The Balaban J connectivity index is 2.01. The average Bonchev–Trinajstić information content (AvgIpc) is 2.90. The van der Waals surface area contributed by atoms with Gasteiger partial charge in [0, 0.05) is 13.6 Å². The van der Waals surface area contributed by atoms with E-state index in [0.717, 1.165) is 10.4 Å². The third-order valence-electron chi connectivity index (χ3n) is 5.66. The molecule has 0 heterocycles. The average molecular weight is 514 g/mol. The van der Waals surface area contributed by atoms with Crippen molar-refractivity contribution in [3.8, 4) is 5.75 Å². The fourth-order valence-corrected chi connectivity index (χ4v) is 5.05. The molecule has 1 atom stereocenters. The summed E-state index contributed by atoms with van der Waals surface area (Å²) < 4.78 is 47.7. The SMILES string of the molecule is CNC(=O)C(C)N(Cc1ccc(OC)cc1)C(=O)CN(c1ccccc1F)S(=O)(=O)c1ccccc1. The highest BCUT2D eigenvalue weighted by molar-refractivity contribution is 7.92. The molecule has 0 spiro atoms. The molecule has 10 heteroatoms. The molecule has 8 nitrogen and oxygen atoms in total. The molecule has 0 aliphatic carbocycles. The minimum Gasteiger partial charge on any atom is -0.497 e. The number of rotatable bonds is 10. The molecule has 0 aliphatic heterocycles. The van der Waals surface area contributed by atoms with Crippen LogP contribution >= 0.6 is 0 Å². The second-order valence-electron chi connectivity index (χ2n) is 7.94. The number of carbonyl (C=O) groups excluding carboxylic acids is 2. The molecular formula is C26H28FN3O5S. The molecule has 1 N–H and O–H groups in total. The van der Waals surface area contributed by atoms with Crippen LogP contribution in [0.3, 0.4) is 0 Å². The Hall–Kier alpha value is -3.92. The van der Waals surface area contributed by atoms with Crippen molar-refractivity contribution in [3.63, 3.8) is 0 Å². The molecule has 0 radical (unpaired) electrons. The van der Waals surface area contributed by atoms with Crippen molar-refractivity contribution in [1.82, 2.24) is 10.2 Å².